The van der Waals surface area contributed by atoms with Gasteiger partial charge in [0.25, 0.3) is 5.69 Å². The number of rotatable bonds is 5. The Bertz CT molecular complexity index is 798. The van der Waals surface area contributed by atoms with E-state index in [0.717, 1.165) is 4.88 Å². The van der Waals surface area contributed by atoms with Gasteiger partial charge < -0.3 is 4.74 Å². The zero-order chi connectivity index (χ0) is 15.5. The maximum absolute atomic E-state index is 11.0. The van der Waals surface area contributed by atoms with Gasteiger partial charge in [-0.2, -0.15) is 5.10 Å². The minimum absolute atomic E-state index is 0.0365. The van der Waals surface area contributed by atoms with Crippen molar-refractivity contribution in [2.24, 2.45) is 7.05 Å². The van der Waals surface area contributed by atoms with E-state index in [1.54, 1.807) is 17.8 Å². The van der Waals surface area contributed by atoms with Gasteiger partial charge in [0, 0.05) is 29.6 Å². The molecule has 0 aliphatic heterocycles. The molecule has 7 nitrogen and oxygen atoms in total. The number of hydrogen-bond acceptors (Lipinski definition) is 6. The van der Waals surface area contributed by atoms with Crippen LogP contribution in [-0.4, -0.2) is 19.7 Å². The van der Waals surface area contributed by atoms with Gasteiger partial charge in [-0.1, -0.05) is 6.07 Å². The van der Waals surface area contributed by atoms with Crippen molar-refractivity contribution < 1.29 is 9.66 Å². The number of aryl methyl sites for hydroxylation is 1. The van der Waals surface area contributed by atoms with E-state index in [1.165, 1.54) is 29.8 Å². The van der Waals surface area contributed by atoms with Crippen LogP contribution in [0.3, 0.4) is 0 Å². The number of benzene rings is 1. The first kappa shape index (κ1) is 14.2. The van der Waals surface area contributed by atoms with Crippen LogP contribution in [0.4, 0.5) is 5.69 Å². The lowest BCUT2D eigenvalue weighted by Crippen LogP contribution is -2.05. The molecule has 2 heterocycles. The van der Waals surface area contributed by atoms with Gasteiger partial charge >= 0.3 is 0 Å². The maximum Gasteiger partial charge on any atom is 0.270 e. The molecule has 3 rings (SSSR count). The second-order valence-corrected chi connectivity index (χ2v) is 5.45. The van der Waals surface area contributed by atoms with Crippen molar-refractivity contribution in [1.82, 2.24) is 14.8 Å². The Balaban J connectivity index is 1.93. The van der Waals surface area contributed by atoms with Crippen molar-refractivity contribution in [3.05, 3.63) is 58.0 Å². The molecule has 22 heavy (non-hydrogen) atoms. The summed E-state index contributed by atoms with van der Waals surface area (Å²) in [5, 5.41) is 16.9. The lowest BCUT2D eigenvalue weighted by atomic mass is 10.1. The van der Waals surface area contributed by atoms with Crippen LogP contribution in [0, 0.1) is 10.1 Å². The normalized spacial score (nSPS) is 10.6. The molecular weight excluding hydrogens is 304 g/mol. The van der Waals surface area contributed by atoms with Gasteiger partial charge in [0.1, 0.15) is 18.7 Å². The third-order valence-corrected chi connectivity index (χ3v) is 4.03. The number of aromatic nitrogens is 3. The Morgan fingerprint density at radius 2 is 2.27 bits per heavy atom. The first-order chi connectivity index (χ1) is 10.6. The second kappa shape index (κ2) is 5.94. The number of nitro benzene ring substituents is 1. The Kier molecular flexibility index (Phi) is 3.84. The fourth-order valence-corrected chi connectivity index (χ4v) is 2.72. The molecule has 0 spiro atoms. The predicted octanol–water partition coefficient (Wildman–Crippen LogP) is 3.03. The van der Waals surface area contributed by atoms with Crippen molar-refractivity contribution >= 4 is 17.0 Å². The zero-order valence-corrected chi connectivity index (χ0v) is 12.5. The third kappa shape index (κ3) is 2.82. The number of thiophene rings is 1. The summed E-state index contributed by atoms with van der Waals surface area (Å²) in [4.78, 5) is 15.6. The summed E-state index contributed by atoms with van der Waals surface area (Å²) in [7, 11) is 1.78. The van der Waals surface area contributed by atoms with E-state index >= 15 is 0 Å². The molecule has 2 aromatic heterocycles. The fourth-order valence-electron chi connectivity index (χ4n) is 1.97. The number of ether oxygens (including phenoxy) is 1. The lowest BCUT2D eigenvalue weighted by Gasteiger charge is -2.10. The predicted molar refractivity (Wildman–Crippen MR) is 81.7 cm³/mol. The molecule has 112 valence electrons. The Labute approximate surface area is 130 Å². The van der Waals surface area contributed by atoms with E-state index in [0.29, 0.717) is 17.1 Å². The van der Waals surface area contributed by atoms with Gasteiger partial charge in [-0.15, -0.1) is 11.3 Å². The molecule has 0 aliphatic rings. The summed E-state index contributed by atoms with van der Waals surface area (Å²) in [5.74, 6) is 1.26. The minimum atomic E-state index is -0.413. The molecule has 0 N–H and O–H groups in total. The van der Waals surface area contributed by atoms with Crippen LogP contribution >= 0.6 is 11.3 Å². The van der Waals surface area contributed by atoms with Crippen LogP contribution < -0.4 is 4.74 Å². The van der Waals surface area contributed by atoms with Gasteiger partial charge in [-0.3, -0.25) is 14.8 Å². The lowest BCUT2D eigenvalue weighted by molar-refractivity contribution is -0.384. The molecule has 0 radical (unpaired) electrons. The molecule has 0 aliphatic carbocycles. The molecule has 0 atom stereocenters. The van der Waals surface area contributed by atoms with Crippen LogP contribution in [0.25, 0.3) is 10.4 Å². The van der Waals surface area contributed by atoms with Gasteiger partial charge in [-0.25, -0.2) is 4.98 Å². The molecule has 8 heteroatoms. The summed E-state index contributed by atoms with van der Waals surface area (Å²) >= 11 is 1.50. The van der Waals surface area contributed by atoms with E-state index in [1.807, 2.05) is 17.5 Å². The minimum Gasteiger partial charge on any atom is -0.485 e. The zero-order valence-electron chi connectivity index (χ0n) is 11.7. The molecule has 0 saturated heterocycles. The Morgan fingerprint density at radius 3 is 2.91 bits per heavy atom. The van der Waals surface area contributed by atoms with Crippen molar-refractivity contribution in [1.29, 1.82) is 0 Å². The van der Waals surface area contributed by atoms with Crippen molar-refractivity contribution in [3.63, 3.8) is 0 Å². The number of nitro groups is 1. The highest BCUT2D eigenvalue weighted by atomic mass is 32.1. The summed E-state index contributed by atoms with van der Waals surface area (Å²) in [6.45, 7) is 0.243. The van der Waals surface area contributed by atoms with Crippen LogP contribution in [0.5, 0.6) is 5.75 Å². The second-order valence-electron chi connectivity index (χ2n) is 4.50. The molecule has 1 aromatic carbocycles. The molecule has 0 fully saturated rings. The average Bonchev–Trinajstić information content (AvgIpc) is 3.16. The monoisotopic (exact) mass is 316 g/mol. The van der Waals surface area contributed by atoms with Crippen LogP contribution in [0.2, 0.25) is 0 Å². The van der Waals surface area contributed by atoms with E-state index < -0.39 is 4.92 Å². The molecule has 3 aromatic rings. The largest absolute Gasteiger partial charge is 0.485 e. The van der Waals surface area contributed by atoms with Gasteiger partial charge in [0.15, 0.2) is 5.82 Å². The topological polar surface area (TPSA) is 83.1 Å². The molecular formula is C14H12N4O3S. The van der Waals surface area contributed by atoms with Crippen molar-refractivity contribution in [3.8, 4) is 16.2 Å². The number of non-ortho nitro benzene ring substituents is 1. The molecule has 0 amide bonds. The van der Waals surface area contributed by atoms with Gasteiger partial charge in [0.2, 0.25) is 0 Å². The van der Waals surface area contributed by atoms with Crippen LogP contribution in [0.15, 0.2) is 42.0 Å². The average molecular weight is 316 g/mol. The first-order valence-corrected chi connectivity index (χ1v) is 7.31. The number of hydrogen-bond donors (Lipinski definition) is 0. The van der Waals surface area contributed by atoms with Crippen molar-refractivity contribution in [2.45, 2.75) is 6.61 Å². The van der Waals surface area contributed by atoms with Gasteiger partial charge in [-0.05, 0) is 17.5 Å². The van der Waals surface area contributed by atoms with E-state index in [4.69, 9.17) is 4.74 Å². The fraction of sp³-hybridized carbons (Fsp3) is 0.143. The molecule has 0 unspecified atom stereocenters. The van der Waals surface area contributed by atoms with Crippen LogP contribution in [-0.2, 0) is 13.7 Å². The summed E-state index contributed by atoms with van der Waals surface area (Å²) in [6, 6.07) is 8.37. The highest BCUT2D eigenvalue weighted by Gasteiger charge is 2.15. The molecule has 0 saturated carbocycles. The summed E-state index contributed by atoms with van der Waals surface area (Å²) in [6.07, 6.45) is 1.45. The SMILES string of the molecule is Cn1ncnc1COc1ccc([N+](=O)[O-])cc1-c1cccs1. The Hall–Kier alpha value is -2.74. The van der Waals surface area contributed by atoms with Crippen LogP contribution in [0.1, 0.15) is 5.82 Å². The van der Waals surface area contributed by atoms with E-state index in [-0.39, 0.29) is 12.3 Å². The number of nitrogens with zero attached hydrogens (tertiary/aromatic N) is 4. The highest BCUT2D eigenvalue weighted by Crippen LogP contribution is 2.36. The third-order valence-electron chi connectivity index (χ3n) is 3.12. The van der Waals surface area contributed by atoms with E-state index in [2.05, 4.69) is 10.1 Å². The standard InChI is InChI=1S/C14H12N4O3S/c1-17-14(15-9-16-17)8-21-12-5-4-10(18(19)20)7-11(12)13-3-2-6-22-13/h2-7,9H,8H2,1H3. The quantitative estimate of drug-likeness (QED) is 0.533. The smallest absolute Gasteiger partial charge is 0.270 e. The first-order valence-electron chi connectivity index (χ1n) is 6.43. The van der Waals surface area contributed by atoms with Crippen molar-refractivity contribution in [2.75, 3.05) is 0 Å². The Morgan fingerprint density at radius 1 is 1.41 bits per heavy atom. The summed E-state index contributed by atoms with van der Waals surface area (Å²) in [5.41, 5.74) is 0.737. The summed E-state index contributed by atoms with van der Waals surface area (Å²) < 4.78 is 7.40. The highest BCUT2D eigenvalue weighted by molar-refractivity contribution is 7.13. The maximum atomic E-state index is 11.0. The van der Waals surface area contributed by atoms with E-state index in [9.17, 15) is 10.1 Å². The van der Waals surface area contributed by atoms with Gasteiger partial charge in [0.05, 0.1) is 4.92 Å². The molecule has 0 bridgehead atoms.